The van der Waals surface area contributed by atoms with Gasteiger partial charge in [-0.05, 0) is 32.8 Å². The van der Waals surface area contributed by atoms with Crippen LogP contribution in [0.25, 0.3) is 0 Å². The van der Waals surface area contributed by atoms with Crippen molar-refractivity contribution in [2.24, 2.45) is 5.16 Å². The van der Waals surface area contributed by atoms with Gasteiger partial charge in [-0.1, -0.05) is 28.9 Å². The predicted molar refractivity (Wildman–Crippen MR) is 119 cm³/mol. The number of sulfonamides is 1. The Bertz CT molecular complexity index is 1260. The predicted octanol–water partition coefficient (Wildman–Crippen LogP) is 1.71. The average molecular weight is 523 g/mol. The van der Waals surface area contributed by atoms with Gasteiger partial charge in [0.25, 0.3) is 15.2 Å². The van der Waals surface area contributed by atoms with Crippen LogP contribution >= 0.6 is 11.6 Å². The second kappa shape index (κ2) is 9.62. The third-order valence-corrected chi connectivity index (χ3v) is 8.23. The Kier molecular flexibility index (Phi) is 7.43. The maximum Gasteiger partial charge on any atom is 0.323 e. The fourth-order valence-corrected chi connectivity index (χ4v) is 5.16. The summed E-state index contributed by atoms with van der Waals surface area (Å²) in [5.41, 5.74) is 0.260. The summed E-state index contributed by atoms with van der Waals surface area (Å²) in [6, 6.07) is 3.71. The number of nitrogens with zero attached hydrogens (tertiary/aromatic N) is 6. The summed E-state index contributed by atoms with van der Waals surface area (Å²) >= 11 is 6.12. The first-order valence-electron chi connectivity index (χ1n) is 9.89. The van der Waals surface area contributed by atoms with E-state index >= 15 is 0 Å². The molecule has 0 spiro atoms. The Labute approximate surface area is 197 Å². The SMILES string of the molecule is CC(C)O/N=C(\CN(C1CC1)S(=O)(=O)c1ncn(S(=O)(=O)N(C)C)n1)c1cccc(F)c1Cl. The maximum atomic E-state index is 14.1. The lowest BCUT2D eigenvalue weighted by Gasteiger charge is -2.21. The van der Waals surface area contributed by atoms with E-state index in [2.05, 4.69) is 15.2 Å². The van der Waals surface area contributed by atoms with Crippen LogP contribution in [-0.2, 0) is 25.1 Å². The standard InChI is InChI=1S/C18H24ClFN6O5S2/c1-12(2)31-23-16(14-6-5-7-15(20)17(14)19)10-25(13-8-9-13)32(27,28)18-21-11-26(22-18)33(29,30)24(3)4/h5-7,11-13H,8-10H2,1-4H3/b23-16+. The molecule has 0 saturated heterocycles. The van der Waals surface area contributed by atoms with Crippen molar-refractivity contribution < 1.29 is 26.1 Å². The lowest BCUT2D eigenvalue weighted by molar-refractivity contribution is 0.0854. The summed E-state index contributed by atoms with van der Waals surface area (Å²) in [5, 5.41) is 6.80. The Morgan fingerprint density at radius 3 is 2.55 bits per heavy atom. The van der Waals surface area contributed by atoms with E-state index in [-0.39, 0.29) is 35.0 Å². The number of aromatic nitrogens is 3. The Morgan fingerprint density at radius 1 is 1.30 bits per heavy atom. The highest BCUT2D eigenvalue weighted by atomic mass is 35.5. The molecular weight excluding hydrogens is 499 g/mol. The van der Waals surface area contributed by atoms with E-state index in [0.29, 0.717) is 16.9 Å². The number of halogens is 2. The first-order chi connectivity index (χ1) is 15.4. The Balaban J connectivity index is 2.01. The molecule has 1 aromatic heterocycles. The van der Waals surface area contributed by atoms with Crippen molar-refractivity contribution in [2.45, 2.75) is 44.0 Å². The average Bonchev–Trinajstić information content (AvgIpc) is 3.42. The van der Waals surface area contributed by atoms with Gasteiger partial charge in [0.05, 0.1) is 11.6 Å². The van der Waals surface area contributed by atoms with Gasteiger partial charge in [-0.3, -0.25) is 0 Å². The van der Waals surface area contributed by atoms with Gasteiger partial charge in [0.2, 0.25) is 0 Å². The molecular formula is C18H24ClFN6O5S2. The number of rotatable bonds is 10. The van der Waals surface area contributed by atoms with E-state index in [1.54, 1.807) is 13.8 Å². The quantitative estimate of drug-likeness (QED) is 0.343. The minimum absolute atomic E-state index is 0.0871. The van der Waals surface area contributed by atoms with Gasteiger partial charge in [0, 0.05) is 25.7 Å². The van der Waals surface area contributed by atoms with Crippen molar-refractivity contribution in [3.63, 3.8) is 0 Å². The van der Waals surface area contributed by atoms with Crippen LogP contribution in [0.15, 0.2) is 34.8 Å². The van der Waals surface area contributed by atoms with Crippen molar-refractivity contribution >= 4 is 37.5 Å². The second-order valence-corrected chi connectivity index (χ2v) is 11.9. The summed E-state index contributed by atoms with van der Waals surface area (Å²) in [7, 11) is -5.82. The van der Waals surface area contributed by atoms with Gasteiger partial charge in [0.1, 0.15) is 24.0 Å². The molecule has 0 N–H and O–H groups in total. The summed E-state index contributed by atoms with van der Waals surface area (Å²) in [5.74, 6) is -0.693. The van der Waals surface area contributed by atoms with Crippen LogP contribution in [0.3, 0.4) is 0 Å². The first kappa shape index (κ1) is 25.5. The Morgan fingerprint density at radius 2 is 1.97 bits per heavy atom. The third kappa shape index (κ3) is 5.51. The molecule has 3 rings (SSSR count). The molecule has 1 heterocycles. The molecule has 0 bridgehead atoms. The molecule has 1 aliphatic carbocycles. The minimum Gasteiger partial charge on any atom is -0.393 e. The highest BCUT2D eigenvalue weighted by molar-refractivity contribution is 7.89. The summed E-state index contributed by atoms with van der Waals surface area (Å²) in [4.78, 5) is 9.03. The zero-order valence-electron chi connectivity index (χ0n) is 18.4. The van der Waals surface area contributed by atoms with Crippen molar-refractivity contribution in [1.29, 1.82) is 0 Å². The molecule has 1 fully saturated rings. The smallest absolute Gasteiger partial charge is 0.323 e. The largest absolute Gasteiger partial charge is 0.393 e. The molecule has 1 saturated carbocycles. The number of benzene rings is 1. The lowest BCUT2D eigenvalue weighted by atomic mass is 10.1. The molecule has 15 heteroatoms. The normalized spacial score (nSPS) is 15.6. The molecule has 0 unspecified atom stereocenters. The molecule has 1 aliphatic rings. The molecule has 182 valence electrons. The molecule has 0 atom stereocenters. The lowest BCUT2D eigenvalue weighted by Crippen LogP contribution is -2.39. The summed E-state index contributed by atoms with van der Waals surface area (Å²) in [6.45, 7) is 3.15. The Hall–Kier alpha value is -2.13. The van der Waals surface area contributed by atoms with E-state index in [4.69, 9.17) is 16.4 Å². The fourth-order valence-electron chi connectivity index (χ4n) is 2.72. The van der Waals surface area contributed by atoms with E-state index in [1.165, 1.54) is 32.3 Å². The molecule has 11 nitrogen and oxygen atoms in total. The van der Waals surface area contributed by atoms with Crippen molar-refractivity contribution in [2.75, 3.05) is 20.6 Å². The van der Waals surface area contributed by atoms with Gasteiger partial charge in [-0.25, -0.2) is 17.8 Å². The van der Waals surface area contributed by atoms with Crippen LogP contribution in [0.1, 0.15) is 32.3 Å². The molecule has 0 amide bonds. The number of hydrogen-bond acceptors (Lipinski definition) is 8. The van der Waals surface area contributed by atoms with Crippen LogP contribution in [0.4, 0.5) is 4.39 Å². The minimum atomic E-state index is -4.33. The van der Waals surface area contributed by atoms with Crippen LogP contribution in [0.2, 0.25) is 5.02 Å². The van der Waals surface area contributed by atoms with E-state index in [9.17, 15) is 21.2 Å². The van der Waals surface area contributed by atoms with Crippen molar-refractivity contribution in [1.82, 2.24) is 22.8 Å². The zero-order valence-corrected chi connectivity index (χ0v) is 20.8. The summed E-state index contributed by atoms with van der Waals surface area (Å²) < 4.78 is 67.8. The first-order valence-corrected chi connectivity index (χ1v) is 13.1. The van der Waals surface area contributed by atoms with Gasteiger partial charge < -0.3 is 4.84 Å². The summed E-state index contributed by atoms with van der Waals surface area (Å²) in [6.07, 6.45) is 1.64. The van der Waals surface area contributed by atoms with Gasteiger partial charge in [-0.2, -0.15) is 17.0 Å². The van der Waals surface area contributed by atoms with Gasteiger partial charge in [-0.15, -0.1) is 9.19 Å². The van der Waals surface area contributed by atoms with Crippen LogP contribution in [0.5, 0.6) is 0 Å². The number of oxime groups is 1. The van der Waals surface area contributed by atoms with Crippen LogP contribution in [0, 0.1) is 5.82 Å². The molecule has 33 heavy (non-hydrogen) atoms. The van der Waals surface area contributed by atoms with E-state index in [1.807, 2.05) is 0 Å². The van der Waals surface area contributed by atoms with Crippen molar-refractivity contribution in [3.05, 3.63) is 40.9 Å². The van der Waals surface area contributed by atoms with E-state index in [0.717, 1.165) is 14.9 Å². The maximum absolute atomic E-state index is 14.1. The van der Waals surface area contributed by atoms with Gasteiger partial charge in [0.15, 0.2) is 0 Å². The van der Waals surface area contributed by atoms with Crippen LogP contribution < -0.4 is 0 Å². The van der Waals surface area contributed by atoms with Crippen molar-refractivity contribution in [3.8, 4) is 0 Å². The molecule has 2 aromatic rings. The highest BCUT2D eigenvalue weighted by Gasteiger charge is 2.41. The molecule has 1 aromatic carbocycles. The number of hydrogen-bond donors (Lipinski definition) is 0. The van der Waals surface area contributed by atoms with Gasteiger partial charge >= 0.3 is 10.2 Å². The monoisotopic (exact) mass is 522 g/mol. The highest BCUT2D eigenvalue weighted by Crippen LogP contribution is 2.32. The fraction of sp³-hybridized carbons (Fsp3) is 0.500. The van der Waals surface area contributed by atoms with E-state index < -0.39 is 31.2 Å². The second-order valence-electron chi connectivity index (χ2n) is 7.76. The third-order valence-electron chi connectivity index (χ3n) is 4.58. The molecule has 0 aliphatic heterocycles. The molecule has 0 radical (unpaired) electrons. The zero-order chi connectivity index (χ0) is 24.6. The van der Waals surface area contributed by atoms with Crippen LogP contribution in [-0.4, -0.2) is 78.1 Å². The topological polar surface area (TPSA) is 127 Å².